The molecule has 0 aromatic carbocycles. The van der Waals surface area contributed by atoms with Crippen molar-refractivity contribution >= 4 is 5.78 Å². The summed E-state index contributed by atoms with van der Waals surface area (Å²) in [5, 5.41) is 7.16. The molecule has 72 valence electrons. The highest BCUT2D eigenvalue weighted by Gasteiger charge is 2.01. The number of hydrogen-bond acceptors (Lipinski definition) is 3. The molecule has 0 saturated carbocycles. The van der Waals surface area contributed by atoms with Crippen molar-refractivity contribution in [3.8, 4) is 0 Å². The van der Waals surface area contributed by atoms with Crippen molar-refractivity contribution in [1.29, 1.82) is 0 Å². The third-order valence-electron chi connectivity index (χ3n) is 0.963. The number of ketones is 1. The molecule has 1 rings (SSSR count). The molecule has 1 aromatic heterocycles. The van der Waals surface area contributed by atoms with Gasteiger partial charge in [0, 0.05) is 14.0 Å². The van der Waals surface area contributed by atoms with E-state index in [2.05, 4.69) is 10.3 Å². The van der Waals surface area contributed by atoms with Crippen molar-refractivity contribution in [2.45, 2.75) is 14.4 Å². The van der Waals surface area contributed by atoms with Crippen LogP contribution in [0.4, 0.5) is 0 Å². The van der Waals surface area contributed by atoms with E-state index in [-0.39, 0.29) is 24.2 Å². The van der Waals surface area contributed by atoms with Crippen LogP contribution in [0.5, 0.6) is 0 Å². The van der Waals surface area contributed by atoms with Gasteiger partial charge in [0.2, 0.25) is 0 Å². The van der Waals surface area contributed by atoms with Crippen LogP contribution in [0.25, 0.3) is 0 Å². The summed E-state index contributed by atoms with van der Waals surface area (Å²) in [6.45, 7) is 1.46. The van der Waals surface area contributed by atoms with Crippen molar-refractivity contribution in [3.63, 3.8) is 0 Å². The Hall–Kier alpha value is -1.27. The molecule has 6 nitrogen and oxygen atoms in total. The number of Topliss-reactive ketones (excluding diaryl/α,β-unsaturated/α-hetero) is 1. The Kier molecular flexibility index (Phi) is 9.12. The van der Waals surface area contributed by atoms with Gasteiger partial charge in [-0.05, 0) is 0 Å². The van der Waals surface area contributed by atoms with Crippen molar-refractivity contribution in [1.82, 2.24) is 15.0 Å². The summed E-state index contributed by atoms with van der Waals surface area (Å²) in [7, 11) is 1.72. The van der Waals surface area contributed by atoms with Crippen molar-refractivity contribution in [2.75, 3.05) is 0 Å². The van der Waals surface area contributed by atoms with Gasteiger partial charge < -0.3 is 11.0 Å². The van der Waals surface area contributed by atoms with Gasteiger partial charge in [-0.1, -0.05) is 12.6 Å². The molecule has 0 saturated heterocycles. The minimum atomic E-state index is -0.0527. The summed E-state index contributed by atoms with van der Waals surface area (Å²) in [4.78, 5) is 10.5. The van der Waals surface area contributed by atoms with Gasteiger partial charge in [-0.25, -0.2) is 0 Å². The smallest absolute Gasteiger partial charge is 0.181 e. The van der Waals surface area contributed by atoms with Crippen LogP contribution < -0.4 is 0 Å². The summed E-state index contributed by atoms with van der Waals surface area (Å²) >= 11 is 0. The molecule has 1 aromatic rings. The molecule has 0 aliphatic heterocycles. The highest BCUT2D eigenvalue weighted by Crippen LogP contribution is 1.90. The molecule has 0 amide bonds. The van der Waals surface area contributed by atoms with E-state index in [9.17, 15) is 4.79 Å². The SMILES string of the molecule is C.CC(=O)c1cn(C)nn1.O.O. The van der Waals surface area contributed by atoms with Gasteiger partial charge >= 0.3 is 0 Å². The minimum absolute atomic E-state index is 0. The van der Waals surface area contributed by atoms with Crippen LogP contribution >= 0.6 is 0 Å². The molecule has 0 fully saturated rings. The fourth-order valence-corrected chi connectivity index (χ4v) is 0.509. The number of nitrogens with zero attached hydrogens (tertiary/aromatic N) is 3. The van der Waals surface area contributed by atoms with Crippen LogP contribution in [0.3, 0.4) is 0 Å². The predicted molar refractivity (Wildman–Crippen MR) is 45.0 cm³/mol. The number of carbonyl (C=O) groups is 1. The van der Waals surface area contributed by atoms with Crippen molar-refractivity contribution in [3.05, 3.63) is 11.9 Å². The largest absolute Gasteiger partial charge is 0.412 e. The summed E-state index contributed by atoms with van der Waals surface area (Å²) in [5.41, 5.74) is 0.414. The molecule has 1 heterocycles. The summed E-state index contributed by atoms with van der Waals surface area (Å²) < 4.78 is 1.50. The van der Waals surface area contributed by atoms with E-state index in [0.717, 1.165) is 0 Å². The van der Waals surface area contributed by atoms with Crippen LogP contribution in [0.1, 0.15) is 24.8 Å². The molecule has 0 radical (unpaired) electrons. The van der Waals surface area contributed by atoms with E-state index < -0.39 is 0 Å². The second kappa shape index (κ2) is 6.44. The van der Waals surface area contributed by atoms with E-state index in [1.54, 1.807) is 13.2 Å². The summed E-state index contributed by atoms with van der Waals surface area (Å²) in [6.07, 6.45) is 1.59. The Balaban J connectivity index is -0.000000270. The lowest BCUT2D eigenvalue weighted by Crippen LogP contribution is -1.90. The fourth-order valence-electron chi connectivity index (χ4n) is 0.509. The zero-order valence-corrected chi connectivity index (χ0v) is 6.33. The second-order valence-corrected chi connectivity index (χ2v) is 1.83. The van der Waals surface area contributed by atoms with E-state index in [1.807, 2.05) is 0 Å². The molecule has 0 aliphatic rings. The first-order chi connectivity index (χ1) is 4.20. The number of carbonyl (C=O) groups excluding carboxylic acids is 1. The molecule has 6 heteroatoms. The normalized spacial score (nSPS) is 7.17. The highest BCUT2D eigenvalue weighted by molar-refractivity contribution is 5.91. The number of aryl methyl sites for hydroxylation is 1. The first-order valence-electron chi connectivity index (χ1n) is 2.57. The topological polar surface area (TPSA) is 111 Å². The van der Waals surface area contributed by atoms with Gasteiger partial charge in [0.25, 0.3) is 0 Å². The molecule has 0 atom stereocenters. The first-order valence-corrected chi connectivity index (χ1v) is 2.57. The van der Waals surface area contributed by atoms with Crippen molar-refractivity contribution < 1.29 is 15.7 Å². The van der Waals surface area contributed by atoms with Crippen LogP contribution in [0.2, 0.25) is 0 Å². The molecular weight excluding hydrogens is 162 g/mol. The Morgan fingerprint density at radius 1 is 1.50 bits per heavy atom. The first kappa shape index (κ1) is 17.0. The van der Waals surface area contributed by atoms with Gasteiger partial charge in [0.15, 0.2) is 5.78 Å². The number of aromatic nitrogens is 3. The Morgan fingerprint density at radius 3 is 2.17 bits per heavy atom. The van der Waals surface area contributed by atoms with Gasteiger partial charge in [-0.15, -0.1) is 5.10 Å². The quantitative estimate of drug-likeness (QED) is 0.513. The molecule has 12 heavy (non-hydrogen) atoms. The van der Waals surface area contributed by atoms with E-state index in [4.69, 9.17) is 0 Å². The average molecular weight is 177 g/mol. The number of hydrogen-bond donors (Lipinski definition) is 0. The molecule has 0 aliphatic carbocycles. The van der Waals surface area contributed by atoms with E-state index >= 15 is 0 Å². The van der Waals surface area contributed by atoms with E-state index in [1.165, 1.54) is 11.6 Å². The summed E-state index contributed by atoms with van der Waals surface area (Å²) in [5.74, 6) is -0.0527. The Bertz CT molecular complexity index is 234. The van der Waals surface area contributed by atoms with Crippen LogP contribution in [-0.4, -0.2) is 31.7 Å². The van der Waals surface area contributed by atoms with Gasteiger partial charge in [0.05, 0.1) is 6.20 Å². The molecular formula is C6H15N3O3. The monoisotopic (exact) mass is 177 g/mol. The van der Waals surface area contributed by atoms with Gasteiger partial charge in [-0.3, -0.25) is 9.48 Å². The van der Waals surface area contributed by atoms with Crippen molar-refractivity contribution in [2.24, 2.45) is 7.05 Å². The average Bonchev–Trinajstić information content (AvgIpc) is 2.14. The van der Waals surface area contributed by atoms with Crippen LogP contribution in [-0.2, 0) is 7.05 Å². The molecule has 4 N–H and O–H groups in total. The summed E-state index contributed by atoms with van der Waals surface area (Å²) in [6, 6.07) is 0. The lowest BCUT2D eigenvalue weighted by molar-refractivity contribution is 0.101. The minimum Gasteiger partial charge on any atom is -0.412 e. The zero-order chi connectivity index (χ0) is 6.85. The molecule has 0 unspecified atom stereocenters. The Labute approximate surface area is 70.8 Å². The third kappa shape index (κ3) is 3.79. The van der Waals surface area contributed by atoms with Crippen LogP contribution in [0, 0.1) is 0 Å². The lowest BCUT2D eigenvalue weighted by atomic mass is 10.3. The van der Waals surface area contributed by atoms with Gasteiger partial charge in [0.1, 0.15) is 5.69 Å². The predicted octanol–water partition coefficient (Wildman–Crippen LogP) is -0.996. The second-order valence-electron chi connectivity index (χ2n) is 1.83. The third-order valence-corrected chi connectivity index (χ3v) is 0.963. The maximum absolute atomic E-state index is 10.5. The highest BCUT2D eigenvalue weighted by atomic mass is 16.1. The van der Waals surface area contributed by atoms with Gasteiger partial charge in [-0.2, -0.15) is 0 Å². The molecule has 0 spiro atoms. The molecule has 0 bridgehead atoms. The Morgan fingerprint density at radius 2 is 2.00 bits per heavy atom. The van der Waals surface area contributed by atoms with E-state index in [0.29, 0.717) is 5.69 Å². The maximum atomic E-state index is 10.5. The number of rotatable bonds is 1. The zero-order valence-electron chi connectivity index (χ0n) is 6.33. The fraction of sp³-hybridized carbons (Fsp3) is 0.500. The lowest BCUT2D eigenvalue weighted by Gasteiger charge is -1.78. The van der Waals surface area contributed by atoms with Crippen LogP contribution in [0.15, 0.2) is 6.20 Å². The maximum Gasteiger partial charge on any atom is 0.181 e. The standard InChI is InChI=1S/C5H7N3O.CH4.2H2O/c1-4(9)5-3-8(2)7-6-5;;;/h3H,1-2H3;1H4;2*1H2.